The summed E-state index contributed by atoms with van der Waals surface area (Å²) in [4.78, 5) is 0. The van der Waals surface area contributed by atoms with Crippen LogP contribution in [0.3, 0.4) is 0 Å². The van der Waals surface area contributed by atoms with Gasteiger partial charge in [0.15, 0.2) is 0 Å². The molecule has 2 aromatic carbocycles. The lowest BCUT2D eigenvalue weighted by molar-refractivity contribution is 0.478. The lowest BCUT2D eigenvalue weighted by Gasteiger charge is -2.26. The largest absolute Gasteiger partial charge is 0.453 e. The summed E-state index contributed by atoms with van der Waals surface area (Å²) in [6.45, 7) is 0. The Bertz CT molecular complexity index is 843. The number of halogens is 4. The third-order valence-electron chi connectivity index (χ3n) is 2.59. The normalized spacial score (nSPS) is 20.0. The molecule has 0 aliphatic carbocycles. The summed E-state index contributed by atoms with van der Waals surface area (Å²) in [6.07, 6.45) is 0. The number of para-hydroxylation sites is 2. The molecule has 0 saturated carbocycles. The van der Waals surface area contributed by atoms with Gasteiger partial charge in [0.05, 0.1) is 0 Å². The molecule has 1 aliphatic rings. The van der Waals surface area contributed by atoms with Crippen LogP contribution in [0, 0.1) is 0 Å². The van der Waals surface area contributed by atoms with Gasteiger partial charge in [0.1, 0.15) is 11.5 Å². The summed E-state index contributed by atoms with van der Waals surface area (Å²) in [7, 11) is -3.35. The number of rotatable bonds is 4. The topological polar surface area (TPSA) is 55.5 Å². The van der Waals surface area contributed by atoms with Gasteiger partial charge in [0.25, 0.3) is 11.8 Å². The molecule has 128 valence electrons. The molecule has 1 aliphatic heterocycles. The van der Waals surface area contributed by atoms with Gasteiger partial charge in [-0.15, -0.1) is 9.03 Å². The Kier molecular flexibility index (Phi) is 5.64. The second kappa shape index (κ2) is 7.25. The average Bonchev–Trinajstić information content (AvgIpc) is 2.45. The van der Waals surface area contributed by atoms with Crippen LogP contribution < -0.4 is 9.05 Å². The highest BCUT2D eigenvalue weighted by Gasteiger charge is 2.38. The second-order valence-electron chi connectivity index (χ2n) is 4.48. The fraction of sp³-hybridized carbons (Fsp3) is 0. The molecule has 0 radical (unpaired) electrons. The van der Waals surface area contributed by atoms with E-state index in [1.54, 1.807) is 48.5 Å². The Morgan fingerprint density at radius 3 is 1.42 bits per heavy atom. The molecule has 2 aromatic rings. The van der Waals surface area contributed by atoms with Crippen molar-refractivity contribution in [3.05, 3.63) is 60.7 Å². The Balaban J connectivity index is 2.14. The van der Waals surface area contributed by atoms with Gasteiger partial charge in [-0.3, -0.25) is 0 Å². The predicted molar refractivity (Wildman–Crippen MR) is 106 cm³/mol. The minimum Gasteiger partial charge on any atom is -0.414 e. The molecule has 1 heterocycles. The first kappa shape index (κ1) is 18.7. The smallest absolute Gasteiger partial charge is 0.414 e. The third-order valence-corrected chi connectivity index (χ3v) is 13.6. The van der Waals surface area contributed by atoms with Crippen LogP contribution in [0.2, 0.25) is 0 Å². The van der Waals surface area contributed by atoms with E-state index in [0.29, 0.717) is 11.5 Å². The van der Waals surface area contributed by atoms with Gasteiger partial charge >= 0.3 is 7.66 Å². The highest BCUT2D eigenvalue weighted by molar-refractivity contribution is 8.20. The number of hydrogen-bond acceptors (Lipinski definition) is 5. The van der Waals surface area contributed by atoms with E-state index in [-0.39, 0.29) is 0 Å². The fourth-order valence-corrected chi connectivity index (χ4v) is 15.6. The van der Waals surface area contributed by atoms with Crippen molar-refractivity contribution in [3.63, 3.8) is 0 Å². The molecule has 0 aromatic heterocycles. The molecule has 12 heteroatoms. The van der Waals surface area contributed by atoms with E-state index < -0.39 is 19.5 Å². The van der Waals surface area contributed by atoms with Crippen LogP contribution in [-0.4, -0.2) is 0 Å². The summed E-state index contributed by atoms with van der Waals surface area (Å²) < 4.78 is 24.3. The van der Waals surface area contributed by atoms with Gasteiger partial charge in [0, 0.05) is 0 Å². The molecule has 0 amide bonds. The minimum atomic E-state index is -3.35. The zero-order chi connectivity index (χ0) is 17.3. The Morgan fingerprint density at radius 1 is 0.583 bits per heavy atom. The van der Waals surface area contributed by atoms with Crippen molar-refractivity contribution in [2.75, 3.05) is 0 Å². The van der Waals surface area contributed by atoms with Crippen LogP contribution in [0.15, 0.2) is 74.2 Å². The molecule has 0 spiro atoms. The Labute approximate surface area is 158 Å². The number of nitrogens with zero attached hydrogens (tertiary/aromatic N) is 3. The first-order valence-electron chi connectivity index (χ1n) is 6.47. The summed E-state index contributed by atoms with van der Waals surface area (Å²) in [5.41, 5.74) is 0. The maximum Gasteiger partial charge on any atom is 0.453 e. The summed E-state index contributed by atoms with van der Waals surface area (Å²) in [5.74, 6) is -5.37. The van der Waals surface area contributed by atoms with Crippen molar-refractivity contribution >= 4 is 64.4 Å². The van der Waals surface area contributed by atoms with Crippen molar-refractivity contribution in [2.45, 2.75) is 0 Å². The molecule has 0 atom stereocenters. The van der Waals surface area contributed by atoms with Crippen LogP contribution in [0.1, 0.15) is 0 Å². The average molecular weight is 463 g/mol. The zero-order valence-corrected chi connectivity index (χ0v) is 17.5. The lowest BCUT2D eigenvalue weighted by Crippen LogP contribution is -1.99. The monoisotopic (exact) mass is 461 g/mol. The van der Waals surface area contributed by atoms with E-state index >= 15 is 0 Å². The highest BCUT2D eigenvalue weighted by Crippen LogP contribution is 2.85. The van der Waals surface area contributed by atoms with Crippen molar-refractivity contribution in [1.29, 1.82) is 0 Å². The second-order valence-corrected chi connectivity index (χ2v) is 16.5. The van der Waals surface area contributed by atoms with Crippen molar-refractivity contribution in [3.8, 4) is 11.5 Å². The zero-order valence-electron chi connectivity index (χ0n) is 11.8. The van der Waals surface area contributed by atoms with Crippen LogP contribution in [0.25, 0.3) is 0 Å². The van der Waals surface area contributed by atoms with Crippen LogP contribution in [-0.2, 0) is 0 Å². The maximum atomic E-state index is 6.18. The van der Waals surface area contributed by atoms with Crippen LogP contribution in [0.4, 0.5) is 0 Å². The summed E-state index contributed by atoms with van der Waals surface area (Å²) in [5, 5.41) is 0. The number of benzene rings is 2. The maximum absolute atomic E-state index is 6.18. The number of hydrogen-bond donors (Lipinski definition) is 0. The van der Waals surface area contributed by atoms with E-state index in [1.807, 2.05) is 12.1 Å². The van der Waals surface area contributed by atoms with E-state index in [4.69, 9.17) is 54.0 Å². The van der Waals surface area contributed by atoms with Gasteiger partial charge in [-0.2, -0.15) is 4.52 Å². The van der Waals surface area contributed by atoms with Gasteiger partial charge in [-0.05, 0) is 69.2 Å². The van der Waals surface area contributed by atoms with Crippen LogP contribution in [0.5, 0.6) is 11.5 Å². The first-order valence-corrected chi connectivity index (χ1v) is 15.0. The van der Waals surface area contributed by atoms with Gasteiger partial charge in [-0.1, -0.05) is 36.4 Å². The molecule has 3 rings (SSSR count). The highest BCUT2D eigenvalue weighted by atomic mass is 35.9. The van der Waals surface area contributed by atoms with Crippen molar-refractivity contribution in [1.82, 2.24) is 0 Å². The summed E-state index contributed by atoms with van der Waals surface area (Å²) in [6, 6.07) is 17.8. The van der Waals surface area contributed by atoms with Crippen molar-refractivity contribution < 1.29 is 9.05 Å². The SMILES string of the molecule is ClP1(Cl)=NP(Cl)(Cl)=NP(Oc2ccccc2)(Oc2ccccc2)=N1. The minimum absolute atomic E-state index is 0.484. The van der Waals surface area contributed by atoms with Gasteiger partial charge in [0.2, 0.25) is 0 Å². The van der Waals surface area contributed by atoms with E-state index in [1.165, 1.54) is 0 Å². The lowest BCUT2D eigenvalue weighted by atomic mass is 10.3. The van der Waals surface area contributed by atoms with Crippen LogP contribution >= 0.6 is 64.4 Å². The molecular weight excluding hydrogens is 453 g/mol. The molecule has 5 nitrogen and oxygen atoms in total. The quantitative estimate of drug-likeness (QED) is 0.425. The Morgan fingerprint density at radius 2 is 1.00 bits per heavy atom. The molecule has 24 heavy (non-hydrogen) atoms. The van der Waals surface area contributed by atoms with E-state index in [2.05, 4.69) is 13.5 Å². The van der Waals surface area contributed by atoms with Gasteiger partial charge < -0.3 is 9.05 Å². The molecule has 0 unspecified atom stereocenters. The summed E-state index contributed by atoms with van der Waals surface area (Å²) >= 11 is 24.7. The molecule has 0 N–H and O–H groups in total. The standard InChI is InChI=1S/C12H10Cl4N3O2P3/c13-22(14)17-23(15,16)19-24(18-22,20-11-7-3-1-4-8-11)21-12-9-5-2-6-10-12/h1-10H. The Hall–Kier alpha value is -0.110. The van der Waals surface area contributed by atoms with Crippen molar-refractivity contribution in [2.24, 2.45) is 13.5 Å². The molecule has 0 bridgehead atoms. The molecule has 0 fully saturated rings. The van der Waals surface area contributed by atoms with E-state index in [0.717, 1.165) is 0 Å². The molecule has 0 saturated heterocycles. The fourth-order valence-electron chi connectivity index (χ4n) is 1.78. The predicted octanol–water partition coefficient (Wildman–Crippen LogP) is 8.95. The molecular formula is C12H10Cl4N3O2P3. The third kappa shape index (κ3) is 4.96. The van der Waals surface area contributed by atoms with Gasteiger partial charge in [-0.25, -0.2) is 0 Å². The first-order chi connectivity index (χ1) is 11.3. The van der Waals surface area contributed by atoms with E-state index in [9.17, 15) is 0 Å².